The van der Waals surface area contributed by atoms with E-state index >= 15 is 0 Å². The van der Waals surface area contributed by atoms with E-state index in [4.69, 9.17) is 0 Å². The van der Waals surface area contributed by atoms with Crippen LogP contribution in [0.15, 0.2) is 30.9 Å². The van der Waals surface area contributed by atoms with Gasteiger partial charge in [-0.05, 0) is 25.0 Å². The number of carbonyl (C=O) groups excluding carboxylic acids is 1. The number of carbonyl (C=O) groups is 1. The molecule has 2 aromatic rings. The van der Waals surface area contributed by atoms with Crippen molar-refractivity contribution in [1.82, 2.24) is 15.0 Å². The van der Waals surface area contributed by atoms with E-state index in [9.17, 15) is 4.79 Å². The molecule has 0 radical (unpaired) electrons. The van der Waals surface area contributed by atoms with E-state index in [1.54, 1.807) is 18.5 Å². The summed E-state index contributed by atoms with van der Waals surface area (Å²) in [7, 11) is 0. The average Bonchev–Trinajstić information content (AvgIpc) is 2.48. The van der Waals surface area contributed by atoms with E-state index < -0.39 is 0 Å². The summed E-state index contributed by atoms with van der Waals surface area (Å²) in [5.41, 5.74) is 2.01. The summed E-state index contributed by atoms with van der Waals surface area (Å²) in [6.45, 7) is 6.84. The number of hydrogen-bond donors (Lipinski definition) is 2. The summed E-state index contributed by atoms with van der Waals surface area (Å²) in [5, 5.41) is 5.92. The molecular formula is C15H19N5O. The van der Waals surface area contributed by atoms with Gasteiger partial charge in [0, 0.05) is 17.8 Å². The molecule has 0 unspecified atom stereocenters. The van der Waals surface area contributed by atoms with Crippen LogP contribution in [0.3, 0.4) is 0 Å². The highest BCUT2D eigenvalue weighted by Crippen LogP contribution is 2.18. The topological polar surface area (TPSA) is 79.8 Å². The van der Waals surface area contributed by atoms with Crippen LogP contribution in [0.25, 0.3) is 0 Å². The van der Waals surface area contributed by atoms with E-state index in [0.29, 0.717) is 17.1 Å². The first-order valence-electron chi connectivity index (χ1n) is 6.92. The van der Waals surface area contributed by atoms with Crippen LogP contribution >= 0.6 is 0 Å². The number of rotatable bonds is 5. The molecule has 2 N–H and O–H groups in total. The van der Waals surface area contributed by atoms with Gasteiger partial charge in [-0.1, -0.05) is 13.8 Å². The third kappa shape index (κ3) is 3.98. The molecule has 0 aliphatic carbocycles. The predicted molar refractivity (Wildman–Crippen MR) is 82.5 cm³/mol. The zero-order valence-corrected chi connectivity index (χ0v) is 12.4. The Hall–Kier alpha value is -2.50. The van der Waals surface area contributed by atoms with Crippen LogP contribution in [-0.2, 0) is 0 Å². The van der Waals surface area contributed by atoms with Gasteiger partial charge in [0.2, 0.25) is 0 Å². The van der Waals surface area contributed by atoms with Crippen LogP contribution in [0, 0.1) is 0 Å². The summed E-state index contributed by atoms with van der Waals surface area (Å²) in [4.78, 5) is 24.6. The van der Waals surface area contributed by atoms with Crippen molar-refractivity contribution in [3.8, 4) is 0 Å². The van der Waals surface area contributed by atoms with E-state index in [2.05, 4.69) is 25.6 Å². The molecule has 0 bridgehead atoms. The molecule has 0 aromatic carbocycles. The van der Waals surface area contributed by atoms with Gasteiger partial charge >= 0.3 is 0 Å². The summed E-state index contributed by atoms with van der Waals surface area (Å²) in [6, 6.07) is 3.55. The van der Waals surface area contributed by atoms with Gasteiger partial charge in [-0.3, -0.25) is 4.79 Å². The van der Waals surface area contributed by atoms with Crippen molar-refractivity contribution in [3.05, 3.63) is 42.1 Å². The standard InChI is InChI=1S/C15H19N5O/c1-4-18-14-6-11(5-13(20-14)10(2)3)15(21)19-12-7-16-9-17-8-12/h5-10H,4H2,1-3H3,(H,18,20)(H,19,21). The molecule has 0 aliphatic heterocycles. The molecule has 1 amide bonds. The van der Waals surface area contributed by atoms with Crippen molar-refractivity contribution in [3.63, 3.8) is 0 Å². The maximum atomic E-state index is 12.3. The van der Waals surface area contributed by atoms with Crippen molar-refractivity contribution in [2.24, 2.45) is 0 Å². The fraction of sp³-hybridized carbons (Fsp3) is 0.333. The van der Waals surface area contributed by atoms with Gasteiger partial charge in [-0.25, -0.2) is 15.0 Å². The SMILES string of the molecule is CCNc1cc(C(=O)Nc2cncnc2)cc(C(C)C)n1. The van der Waals surface area contributed by atoms with Crippen LogP contribution in [0.1, 0.15) is 42.7 Å². The first-order valence-corrected chi connectivity index (χ1v) is 6.92. The molecule has 0 aliphatic rings. The lowest BCUT2D eigenvalue weighted by Gasteiger charge is -2.12. The van der Waals surface area contributed by atoms with Gasteiger partial charge in [0.15, 0.2) is 0 Å². The van der Waals surface area contributed by atoms with Crippen molar-refractivity contribution < 1.29 is 4.79 Å². The fourth-order valence-electron chi connectivity index (χ4n) is 1.82. The van der Waals surface area contributed by atoms with Crippen molar-refractivity contribution in [1.29, 1.82) is 0 Å². The lowest BCUT2D eigenvalue weighted by Crippen LogP contribution is -2.14. The quantitative estimate of drug-likeness (QED) is 0.883. The summed E-state index contributed by atoms with van der Waals surface area (Å²) < 4.78 is 0. The molecule has 6 nitrogen and oxygen atoms in total. The molecule has 0 saturated carbocycles. The number of aromatic nitrogens is 3. The Bertz CT molecular complexity index is 613. The Morgan fingerprint density at radius 3 is 2.57 bits per heavy atom. The number of pyridine rings is 1. The molecule has 2 heterocycles. The van der Waals surface area contributed by atoms with Crippen molar-refractivity contribution in [2.75, 3.05) is 17.2 Å². The lowest BCUT2D eigenvalue weighted by molar-refractivity contribution is 0.102. The summed E-state index contributed by atoms with van der Waals surface area (Å²) >= 11 is 0. The summed E-state index contributed by atoms with van der Waals surface area (Å²) in [6.07, 6.45) is 4.53. The lowest BCUT2D eigenvalue weighted by atomic mass is 10.1. The highest BCUT2D eigenvalue weighted by Gasteiger charge is 2.12. The largest absolute Gasteiger partial charge is 0.370 e. The third-order valence-corrected chi connectivity index (χ3v) is 2.88. The Balaban J connectivity index is 2.27. The molecule has 110 valence electrons. The number of amides is 1. The highest BCUT2D eigenvalue weighted by atomic mass is 16.1. The van der Waals surface area contributed by atoms with Crippen LogP contribution < -0.4 is 10.6 Å². The van der Waals surface area contributed by atoms with Gasteiger partial charge in [0.1, 0.15) is 12.1 Å². The third-order valence-electron chi connectivity index (χ3n) is 2.88. The minimum absolute atomic E-state index is 0.201. The van der Waals surface area contributed by atoms with E-state index in [-0.39, 0.29) is 11.8 Å². The first kappa shape index (κ1) is 14.9. The Morgan fingerprint density at radius 2 is 1.95 bits per heavy atom. The van der Waals surface area contributed by atoms with Crippen LogP contribution in [0.4, 0.5) is 11.5 Å². The fourth-order valence-corrected chi connectivity index (χ4v) is 1.82. The maximum Gasteiger partial charge on any atom is 0.255 e. The van der Waals surface area contributed by atoms with E-state index in [0.717, 1.165) is 12.2 Å². The monoisotopic (exact) mass is 285 g/mol. The highest BCUT2D eigenvalue weighted by molar-refractivity contribution is 6.04. The zero-order valence-electron chi connectivity index (χ0n) is 12.4. The van der Waals surface area contributed by atoms with Crippen molar-refractivity contribution >= 4 is 17.4 Å². The molecule has 6 heteroatoms. The zero-order chi connectivity index (χ0) is 15.2. The molecule has 2 aromatic heterocycles. The van der Waals surface area contributed by atoms with Gasteiger partial charge in [0.05, 0.1) is 18.1 Å². The van der Waals surface area contributed by atoms with Gasteiger partial charge in [0.25, 0.3) is 5.91 Å². The molecule has 0 fully saturated rings. The minimum atomic E-state index is -0.201. The number of hydrogen-bond acceptors (Lipinski definition) is 5. The number of anilines is 2. The normalized spacial score (nSPS) is 10.5. The first-order chi connectivity index (χ1) is 10.1. The predicted octanol–water partition coefficient (Wildman–Crippen LogP) is 2.68. The van der Waals surface area contributed by atoms with Crippen LogP contribution in [0.5, 0.6) is 0 Å². The second-order valence-corrected chi connectivity index (χ2v) is 4.93. The van der Waals surface area contributed by atoms with Gasteiger partial charge < -0.3 is 10.6 Å². The average molecular weight is 285 g/mol. The Labute approximate surface area is 124 Å². The number of nitrogens with one attached hydrogen (secondary N) is 2. The van der Waals surface area contributed by atoms with E-state index in [1.165, 1.54) is 6.33 Å². The van der Waals surface area contributed by atoms with Gasteiger partial charge in [-0.2, -0.15) is 0 Å². The maximum absolute atomic E-state index is 12.3. The second-order valence-electron chi connectivity index (χ2n) is 4.93. The molecular weight excluding hydrogens is 266 g/mol. The summed E-state index contributed by atoms with van der Waals surface area (Å²) in [5.74, 6) is 0.752. The van der Waals surface area contributed by atoms with Crippen LogP contribution in [0.2, 0.25) is 0 Å². The molecule has 21 heavy (non-hydrogen) atoms. The second kappa shape index (κ2) is 6.78. The smallest absolute Gasteiger partial charge is 0.255 e. The van der Waals surface area contributed by atoms with Crippen molar-refractivity contribution in [2.45, 2.75) is 26.7 Å². The molecule has 0 saturated heterocycles. The number of nitrogens with zero attached hydrogens (tertiary/aromatic N) is 3. The van der Waals surface area contributed by atoms with Gasteiger partial charge in [-0.15, -0.1) is 0 Å². The van der Waals surface area contributed by atoms with Crippen LogP contribution in [-0.4, -0.2) is 27.4 Å². The van der Waals surface area contributed by atoms with E-state index in [1.807, 2.05) is 26.8 Å². The molecule has 0 atom stereocenters. The Kier molecular flexibility index (Phi) is 4.81. The molecule has 0 spiro atoms. The Morgan fingerprint density at radius 1 is 1.24 bits per heavy atom. The molecule has 2 rings (SSSR count). The minimum Gasteiger partial charge on any atom is -0.370 e.